The second-order valence-corrected chi connectivity index (χ2v) is 2.39. The summed E-state index contributed by atoms with van der Waals surface area (Å²) in [5, 5.41) is 8.53. The molecule has 0 fully saturated rings. The van der Waals surface area contributed by atoms with Gasteiger partial charge in [0.05, 0.1) is 11.6 Å². The molecule has 0 bridgehead atoms. The predicted molar refractivity (Wildman–Crippen MR) is 40.5 cm³/mol. The Labute approximate surface area is 69.2 Å². The van der Waals surface area contributed by atoms with Crippen LogP contribution in [0.1, 0.15) is 18.1 Å². The van der Waals surface area contributed by atoms with Crippen LogP contribution in [-0.2, 0) is 6.42 Å². The molecule has 0 atom stereocenters. The normalized spacial score (nSPS) is 9.50. The smallest absolute Gasteiger partial charge is 0.160 e. The van der Waals surface area contributed by atoms with Crippen molar-refractivity contribution in [3.05, 3.63) is 34.9 Å². The fourth-order valence-corrected chi connectivity index (χ4v) is 0.985. The van der Waals surface area contributed by atoms with Gasteiger partial charge in [0, 0.05) is 0 Å². The molecule has 12 heavy (non-hydrogen) atoms. The highest BCUT2D eigenvalue weighted by molar-refractivity contribution is 5.38. The van der Waals surface area contributed by atoms with E-state index in [4.69, 9.17) is 5.26 Å². The van der Waals surface area contributed by atoms with Crippen molar-refractivity contribution in [2.45, 2.75) is 13.3 Å². The third-order valence-corrected chi connectivity index (χ3v) is 1.65. The molecule has 0 heterocycles. The highest BCUT2D eigenvalue weighted by Gasteiger charge is 2.07. The van der Waals surface area contributed by atoms with E-state index in [0.29, 0.717) is 12.0 Å². The molecule has 0 saturated heterocycles. The Morgan fingerprint density at radius 2 is 1.92 bits per heavy atom. The monoisotopic (exact) mass is 167 g/mol. The number of halogens is 2. The summed E-state index contributed by atoms with van der Waals surface area (Å²) in [5.74, 6) is -1.87. The zero-order chi connectivity index (χ0) is 9.14. The first-order valence-electron chi connectivity index (χ1n) is 3.57. The van der Waals surface area contributed by atoms with Gasteiger partial charge in [0.1, 0.15) is 0 Å². The van der Waals surface area contributed by atoms with Crippen molar-refractivity contribution in [2.24, 2.45) is 0 Å². The molecule has 0 radical (unpaired) electrons. The van der Waals surface area contributed by atoms with Crippen LogP contribution in [0.15, 0.2) is 12.1 Å². The third-order valence-electron chi connectivity index (χ3n) is 1.65. The van der Waals surface area contributed by atoms with Crippen molar-refractivity contribution >= 4 is 0 Å². The maximum atomic E-state index is 12.6. The average molecular weight is 167 g/mol. The maximum Gasteiger partial charge on any atom is 0.160 e. The second-order valence-electron chi connectivity index (χ2n) is 2.39. The Bertz CT molecular complexity index is 339. The number of hydrogen-bond donors (Lipinski definition) is 0. The molecule has 62 valence electrons. The van der Waals surface area contributed by atoms with Crippen LogP contribution < -0.4 is 0 Å². The molecule has 0 unspecified atom stereocenters. The minimum absolute atomic E-state index is 0.205. The molecule has 0 N–H and O–H groups in total. The fraction of sp³-hybridized carbons (Fsp3) is 0.222. The van der Waals surface area contributed by atoms with E-state index < -0.39 is 11.6 Å². The van der Waals surface area contributed by atoms with Crippen LogP contribution in [0, 0.1) is 23.0 Å². The van der Waals surface area contributed by atoms with E-state index in [9.17, 15) is 8.78 Å². The van der Waals surface area contributed by atoms with Crippen LogP contribution >= 0.6 is 0 Å². The Kier molecular flexibility index (Phi) is 2.39. The summed E-state index contributed by atoms with van der Waals surface area (Å²) in [4.78, 5) is 0. The van der Waals surface area contributed by atoms with Gasteiger partial charge in [-0.25, -0.2) is 8.78 Å². The summed E-state index contributed by atoms with van der Waals surface area (Å²) in [6, 6.07) is 3.80. The largest absolute Gasteiger partial charge is 0.204 e. The highest BCUT2D eigenvalue weighted by atomic mass is 19.2. The van der Waals surface area contributed by atoms with Crippen LogP contribution in [0.2, 0.25) is 0 Å². The van der Waals surface area contributed by atoms with Gasteiger partial charge in [-0.05, 0) is 24.1 Å². The number of hydrogen-bond acceptors (Lipinski definition) is 1. The Morgan fingerprint density at radius 1 is 1.33 bits per heavy atom. The maximum absolute atomic E-state index is 12.6. The first kappa shape index (κ1) is 8.66. The summed E-state index contributed by atoms with van der Waals surface area (Å²) >= 11 is 0. The van der Waals surface area contributed by atoms with Crippen molar-refractivity contribution in [1.29, 1.82) is 5.26 Å². The van der Waals surface area contributed by atoms with Gasteiger partial charge in [-0.1, -0.05) is 6.92 Å². The van der Waals surface area contributed by atoms with Gasteiger partial charge in [0.25, 0.3) is 0 Å². The number of rotatable bonds is 1. The van der Waals surface area contributed by atoms with Gasteiger partial charge >= 0.3 is 0 Å². The lowest BCUT2D eigenvalue weighted by atomic mass is 10.1. The van der Waals surface area contributed by atoms with Crippen molar-refractivity contribution in [2.75, 3.05) is 0 Å². The lowest BCUT2D eigenvalue weighted by Gasteiger charge is -2.00. The van der Waals surface area contributed by atoms with Gasteiger partial charge in [0.2, 0.25) is 0 Å². The lowest BCUT2D eigenvalue weighted by molar-refractivity contribution is 0.507. The third kappa shape index (κ3) is 1.42. The fourth-order valence-electron chi connectivity index (χ4n) is 0.985. The van der Waals surface area contributed by atoms with E-state index in [-0.39, 0.29) is 5.56 Å². The molecule has 1 rings (SSSR count). The second kappa shape index (κ2) is 3.31. The minimum atomic E-state index is -0.969. The summed E-state index contributed by atoms with van der Waals surface area (Å²) < 4.78 is 25.2. The Balaban J connectivity index is 3.31. The van der Waals surface area contributed by atoms with Crippen molar-refractivity contribution in [3.63, 3.8) is 0 Å². The van der Waals surface area contributed by atoms with Gasteiger partial charge in [-0.15, -0.1) is 0 Å². The van der Waals surface area contributed by atoms with Crippen LogP contribution in [0.3, 0.4) is 0 Å². The number of aryl methyl sites for hydroxylation is 1. The number of benzene rings is 1. The molecule has 0 spiro atoms. The minimum Gasteiger partial charge on any atom is -0.204 e. The standard InChI is InChI=1S/C9H7F2N/c1-2-6-3-8(10)9(11)4-7(6)5-12/h3-4H,2H2,1H3. The lowest BCUT2D eigenvalue weighted by Crippen LogP contribution is -1.93. The molecule has 0 aromatic heterocycles. The number of nitriles is 1. The van der Waals surface area contributed by atoms with Crippen molar-refractivity contribution < 1.29 is 8.78 Å². The van der Waals surface area contributed by atoms with Crippen molar-refractivity contribution in [1.82, 2.24) is 0 Å². The predicted octanol–water partition coefficient (Wildman–Crippen LogP) is 2.40. The molecule has 3 heteroatoms. The first-order valence-corrected chi connectivity index (χ1v) is 3.57. The topological polar surface area (TPSA) is 23.8 Å². The SMILES string of the molecule is CCc1cc(F)c(F)cc1C#N. The van der Waals surface area contributed by atoms with Crippen molar-refractivity contribution in [3.8, 4) is 6.07 Å². The van der Waals surface area contributed by atoms with Gasteiger partial charge in [0.15, 0.2) is 11.6 Å². The van der Waals surface area contributed by atoms with E-state index in [0.717, 1.165) is 12.1 Å². The van der Waals surface area contributed by atoms with E-state index >= 15 is 0 Å². The summed E-state index contributed by atoms with van der Waals surface area (Å²) in [5.41, 5.74) is 0.743. The van der Waals surface area contributed by atoms with E-state index in [2.05, 4.69) is 0 Å². The van der Waals surface area contributed by atoms with E-state index in [1.165, 1.54) is 0 Å². The molecule has 1 nitrogen and oxygen atoms in total. The van der Waals surface area contributed by atoms with E-state index in [1.54, 1.807) is 6.92 Å². The highest BCUT2D eigenvalue weighted by Crippen LogP contribution is 2.14. The van der Waals surface area contributed by atoms with Crippen LogP contribution in [0.25, 0.3) is 0 Å². The summed E-state index contributed by atoms with van der Waals surface area (Å²) in [6.45, 7) is 1.79. The molecule has 0 aliphatic heterocycles. The van der Waals surface area contributed by atoms with Gasteiger partial charge < -0.3 is 0 Å². The van der Waals surface area contributed by atoms with Gasteiger partial charge in [-0.2, -0.15) is 5.26 Å². The molecule has 0 aliphatic rings. The van der Waals surface area contributed by atoms with Crippen LogP contribution in [-0.4, -0.2) is 0 Å². The van der Waals surface area contributed by atoms with Gasteiger partial charge in [-0.3, -0.25) is 0 Å². The molecule has 0 saturated carbocycles. The number of nitrogens with zero attached hydrogens (tertiary/aromatic N) is 1. The molecule has 1 aromatic rings. The van der Waals surface area contributed by atoms with Crippen LogP contribution in [0.4, 0.5) is 8.78 Å². The molecule has 1 aromatic carbocycles. The average Bonchev–Trinajstić information content (AvgIpc) is 2.09. The van der Waals surface area contributed by atoms with E-state index in [1.807, 2.05) is 6.07 Å². The first-order chi connectivity index (χ1) is 5.69. The molecular formula is C9H7F2N. The molecule has 0 amide bonds. The summed E-state index contributed by atoms with van der Waals surface area (Å²) in [7, 11) is 0. The quantitative estimate of drug-likeness (QED) is 0.630. The molecule has 0 aliphatic carbocycles. The van der Waals surface area contributed by atoms with Crippen LogP contribution in [0.5, 0.6) is 0 Å². The molecular weight excluding hydrogens is 160 g/mol. The zero-order valence-electron chi connectivity index (χ0n) is 6.56. The summed E-state index contributed by atoms with van der Waals surface area (Å²) in [6.07, 6.45) is 0.528. The Hall–Kier alpha value is -1.43. The zero-order valence-corrected chi connectivity index (χ0v) is 6.56. The Morgan fingerprint density at radius 3 is 2.42 bits per heavy atom.